The fourth-order valence-electron chi connectivity index (χ4n) is 0.691. The van der Waals surface area contributed by atoms with Crippen molar-refractivity contribution in [1.29, 1.82) is 0 Å². The molecule has 0 bridgehead atoms. The van der Waals surface area contributed by atoms with Gasteiger partial charge >= 0.3 is 0 Å². The minimum atomic E-state index is -1.72. The first-order chi connectivity index (χ1) is 5.91. The first-order valence-electron chi connectivity index (χ1n) is 3.70. The van der Waals surface area contributed by atoms with Crippen LogP contribution in [-0.4, -0.2) is 60.3 Å². The monoisotopic (exact) mass is 190 g/mol. The maximum atomic E-state index is 11.0. The number of carbonyl (C=O) groups excluding carboxylic acids is 2. The standard InChI is InChI=1S/C7H14N2O4/c1-8-6(12)4(10)5(11)7(13)9(2)3/h4-5,10-11H,1-3H3,(H,8,12). The summed E-state index contributed by atoms with van der Waals surface area (Å²) < 4.78 is 0. The molecule has 0 aromatic heterocycles. The van der Waals surface area contributed by atoms with Crippen LogP contribution in [0.3, 0.4) is 0 Å². The van der Waals surface area contributed by atoms with Crippen molar-refractivity contribution in [2.45, 2.75) is 12.2 Å². The maximum Gasteiger partial charge on any atom is 0.254 e. The number of aliphatic hydroxyl groups excluding tert-OH is 2. The highest BCUT2D eigenvalue weighted by atomic mass is 16.3. The highest BCUT2D eigenvalue weighted by molar-refractivity contribution is 5.90. The normalized spacial score (nSPS) is 14.5. The van der Waals surface area contributed by atoms with Crippen molar-refractivity contribution in [2.24, 2.45) is 0 Å². The molecular formula is C7H14N2O4. The molecule has 0 aliphatic rings. The summed E-state index contributed by atoms with van der Waals surface area (Å²) in [5, 5.41) is 20.4. The van der Waals surface area contributed by atoms with Crippen molar-refractivity contribution >= 4 is 11.8 Å². The topological polar surface area (TPSA) is 89.9 Å². The van der Waals surface area contributed by atoms with Gasteiger partial charge in [0.1, 0.15) is 0 Å². The molecule has 2 atom stereocenters. The van der Waals surface area contributed by atoms with Crippen molar-refractivity contribution < 1.29 is 19.8 Å². The lowest BCUT2D eigenvalue weighted by Crippen LogP contribution is -2.48. The molecule has 0 radical (unpaired) electrons. The molecule has 3 N–H and O–H groups in total. The van der Waals surface area contributed by atoms with Crippen LogP contribution in [0.15, 0.2) is 0 Å². The minimum Gasteiger partial charge on any atom is -0.380 e. The lowest BCUT2D eigenvalue weighted by molar-refractivity contribution is -0.151. The minimum absolute atomic E-state index is 0.712. The molecule has 13 heavy (non-hydrogen) atoms. The summed E-state index contributed by atoms with van der Waals surface area (Å²) in [6.07, 6.45) is -3.44. The third-order valence-electron chi connectivity index (χ3n) is 1.51. The Labute approximate surface area is 76.2 Å². The van der Waals surface area contributed by atoms with E-state index in [-0.39, 0.29) is 0 Å². The van der Waals surface area contributed by atoms with Gasteiger partial charge in [-0.1, -0.05) is 0 Å². The Balaban J connectivity index is 4.33. The number of hydrogen-bond donors (Lipinski definition) is 3. The number of nitrogens with zero attached hydrogens (tertiary/aromatic N) is 1. The van der Waals surface area contributed by atoms with Crippen LogP contribution < -0.4 is 5.32 Å². The van der Waals surface area contributed by atoms with Gasteiger partial charge in [-0.05, 0) is 0 Å². The molecule has 0 spiro atoms. The van der Waals surface area contributed by atoms with Gasteiger partial charge in [0.2, 0.25) is 0 Å². The van der Waals surface area contributed by atoms with E-state index >= 15 is 0 Å². The Morgan fingerprint density at radius 3 is 2.00 bits per heavy atom. The molecule has 0 fully saturated rings. The molecule has 6 heteroatoms. The van der Waals surface area contributed by atoms with E-state index < -0.39 is 24.0 Å². The van der Waals surface area contributed by atoms with Crippen LogP contribution in [-0.2, 0) is 9.59 Å². The van der Waals surface area contributed by atoms with Crippen LogP contribution >= 0.6 is 0 Å². The SMILES string of the molecule is CNC(=O)C(O)C(O)C(=O)N(C)C. The Morgan fingerprint density at radius 2 is 1.69 bits per heavy atom. The van der Waals surface area contributed by atoms with Gasteiger partial charge in [0, 0.05) is 21.1 Å². The van der Waals surface area contributed by atoms with Crippen LogP contribution in [0.4, 0.5) is 0 Å². The summed E-state index contributed by atoms with van der Waals surface area (Å²) in [6.45, 7) is 0. The Bertz CT molecular complexity index is 205. The Hall–Kier alpha value is -1.14. The lowest BCUT2D eigenvalue weighted by Gasteiger charge is -2.19. The Kier molecular flexibility index (Phi) is 4.36. The molecule has 0 heterocycles. The van der Waals surface area contributed by atoms with E-state index in [4.69, 9.17) is 10.2 Å². The van der Waals surface area contributed by atoms with E-state index in [1.807, 2.05) is 0 Å². The predicted octanol–water partition coefficient (Wildman–Crippen LogP) is -2.46. The average molecular weight is 190 g/mol. The van der Waals surface area contributed by atoms with Crippen LogP contribution in [0.25, 0.3) is 0 Å². The van der Waals surface area contributed by atoms with Crippen molar-refractivity contribution in [3.05, 3.63) is 0 Å². The van der Waals surface area contributed by atoms with Gasteiger partial charge in [0.25, 0.3) is 11.8 Å². The third kappa shape index (κ3) is 3.00. The lowest BCUT2D eigenvalue weighted by atomic mass is 10.1. The van der Waals surface area contributed by atoms with Gasteiger partial charge < -0.3 is 20.4 Å². The summed E-state index contributed by atoms with van der Waals surface area (Å²) in [6, 6.07) is 0. The number of amides is 2. The second kappa shape index (κ2) is 4.78. The molecular weight excluding hydrogens is 176 g/mol. The molecule has 0 saturated carbocycles. The van der Waals surface area contributed by atoms with Crippen LogP contribution in [0.5, 0.6) is 0 Å². The van der Waals surface area contributed by atoms with E-state index in [0.29, 0.717) is 0 Å². The quantitative estimate of drug-likeness (QED) is 0.460. The molecule has 0 aromatic rings. The number of rotatable bonds is 3. The number of hydrogen-bond acceptors (Lipinski definition) is 4. The zero-order chi connectivity index (χ0) is 10.6. The number of carbonyl (C=O) groups is 2. The first kappa shape index (κ1) is 11.9. The zero-order valence-corrected chi connectivity index (χ0v) is 7.81. The summed E-state index contributed by atoms with van der Waals surface area (Å²) in [7, 11) is 4.14. The molecule has 0 saturated heterocycles. The van der Waals surface area contributed by atoms with Crippen molar-refractivity contribution in [3.63, 3.8) is 0 Å². The highest BCUT2D eigenvalue weighted by Gasteiger charge is 2.30. The van der Waals surface area contributed by atoms with Gasteiger partial charge in [0.05, 0.1) is 0 Å². The van der Waals surface area contributed by atoms with Gasteiger partial charge in [-0.2, -0.15) is 0 Å². The maximum absolute atomic E-state index is 11.0. The largest absolute Gasteiger partial charge is 0.380 e. The van der Waals surface area contributed by atoms with Crippen molar-refractivity contribution in [2.75, 3.05) is 21.1 Å². The van der Waals surface area contributed by atoms with Crippen LogP contribution in [0.1, 0.15) is 0 Å². The molecule has 2 amide bonds. The first-order valence-corrected chi connectivity index (χ1v) is 3.70. The number of aliphatic hydroxyl groups is 2. The summed E-state index contributed by atoms with van der Waals surface area (Å²) in [4.78, 5) is 22.9. The molecule has 76 valence electrons. The van der Waals surface area contributed by atoms with Gasteiger partial charge in [0.15, 0.2) is 12.2 Å². The van der Waals surface area contributed by atoms with Crippen LogP contribution in [0, 0.1) is 0 Å². The van der Waals surface area contributed by atoms with Crippen molar-refractivity contribution in [1.82, 2.24) is 10.2 Å². The smallest absolute Gasteiger partial charge is 0.254 e. The zero-order valence-electron chi connectivity index (χ0n) is 7.81. The number of likely N-dealkylation sites (N-methyl/N-ethyl adjacent to an activating group) is 2. The Morgan fingerprint density at radius 1 is 1.23 bits per heavy atom. The molecule has 0 aromatic carbocycles. The molecule has 0 aliphatic heterocycles. The van der Waals surface area contributed by atoms with Crippen molar-refractivity contribution in [3.8, 4) is 0 Å². The van der Waals surface area contributed by atoms with E-state index in [1.54, 1.807) is 0 Å². The summed E-state index contributed by atoms with van der Waals surface area (Å²) in [5.41, 5.74) is 0. The highest BCUT2D eigenvalue weighted by Crippen LogP contribution is 1.97. The second-order valence-corrected chi connectivity index (χ2v) is 2.74. The molecule has 6 nitrogen and oxygen atoms in total. The number of nitrogens with one attached hydrogen (secondary N) is 1. The van der Waals surface area contributed by atoms with Gasteiger partial charge in [-0.3, -0.25) is 9.59 Å². The van der Waals surface area contributed by atoms with E-state index in [9.17, 15) is 9.59 Å². The molecule has 0 aliphatic carbocycles. The van der Waals surface area contributed by atoms with Gasteiger partial charge in [-0.15, -0.1) is 0 Å². The van der Waals surface area contributed by atoms with E-state index in [2.05, 4.69) is 5.32 Å². The summed E-state index contributed by atoms with van der Waals surface area (Å²) in [5.74, 6) is -1.50. The second-order valence-electron chi connectivity index (χ2n) is 2.74. The van der Waals surface area contributed by atoms with E-state index in [0.717, 1.165) is 4.90 Å². The third-order valence-corrected chi connectivity index (χ3v) is 1.51. The fourth-order valence-corrected chi connectivity index (χ4v) is 0.691. The molecule has 2 unspecified atom stereocenters. The average Bonchev–Trinajstić information content (AvgIpc) is 2.12. The summed E-state index contributed by atoms with van der Waals surface area (Å²) >= 11 is 0. The fraction of sp³-hybridized carbons (Fsp3) is 0.714. The predicted molar refractivity (Wildman–Crippen MR) is 44.8 cm³/mol. The molecule has 0 rings (SSSR count). The van der Waals surface area contributed by atoms with Gasteiger partial charge in [-0.25, -0.2) is 0 Å². The van der Waals surface area contributed by atoms with E-state index in [1.165, 1.54) is 21.1 Å². The van der Waals surface area contributed by atoms with Crippen LogP contribution in [0.2, 0.25) is 0 Å².